The largest absolute Gasteiger partial charge is 0.493 e. The lowest BCUT2D eigenvalue weighted by molar-refractivity contribution is 0.0989. The minimum atomic E-state index is 0.0476. The molecule has 2 rings (SSSR count). The molecule has 2 aromatic carbocycles. The van der Waals surface area contributed by atoms with Crippen LogP contribution < -0.4 is 4.74 Å². The lowest BCUT2D eigenvalue weighted by Gasteiger charge is -2.09. The van der Waals surface area contributed by atoms with E-state index in [4.69, 9.17) is 16.3 Å². The van der Waals surface area contributed by atoms with Crippen LogP contribution in [0.1, 0.15) is 22.8 Å². The zero-order valence-electron chi connectivity index (χ0n) is 10.7. The molecule has 2 nitrogen and oxygen atoms in total. The predicted molar refractivity (Wildman–Crippen MR) is 77.1 cm³/mol. The number of benzene rings is 2. The molecule has 0 aromatic heterocycles. The maximum atomic E-state index is 12.3. The van der Waals surface area contributed by atoms with Crippen molar-refractivity contribution in [3.05, 3.63) is 64.7 Å². The summed E-state index contributed by atoms with van der Waals surface area (Å²) in [5.74, 6) is 0.690. The molecule has 2 aromatic rings. The van der Waals surface area contributed by atoms with Crippen LogP contribution in [0.3, 0.4) is 0 Å². The number of carbonyl (C=O) groups is 1. The monoisotopic (exact) mass is 274 g/mol. The average Bonchev–Trinajstić information content (AvgIpc) is 2.42. The van der Waals surface area contributed by atoms with Gasteiger partial charge in [-0.1, -0.05) is 35.9 Å². The van der Waals surface area contributed by atoms with Crippen LogP contribution in [-0.2, 0) is 6.42 Å². The Morgan fingerprint density at radius 3 is 2.47 bits per heavy atom. The molecule has 19 heavy (non-hydrogen) atoms. The van der Waals surface area contributed by atoms with Gasteiger partial charge < -0.3 is 4.74 Å². The molecule has 0 bridgehead atoms. The minimum absolute atomic E-state index is 0.0476. The van der Waals surface area contributed by atoms with Crippen LogP contribution in [0.4, 0.5) is 0 Å². The maximum absolute atomic E-state index is 12.3. The molecule has 0 saturated carbocycles. The minimum Gasteiger partial charge on any atom is -0.493 e. The van der Waals surface area contributed by atoms with Crippen molar-refractivity contribution in [1.29, 1.82) is 0 Å². The van der Waals surface area contributed by atoms with Gasteiger partial charge in [0.2, 0.25) is 0 Å². The molecule has 98 valence electrons. The molecule has 0 amide bonds. The fourth-order valence-electron chi connectivity index (χ4n) is 1.86. The molecule has 0 saturated heterocycles. The topological polar surface area (TPSA) is 26.3 Å². The molecule has 0 atom stereocenters. The van der Waals surface area contributed by atoms with Gasteiger partial charge >= 0.3 is 0 Å². The van der Waals surface area contributed by atoms with E-state index in [0.717, 1.165) is 5.56 Å². The first kappa shape index (κ1) is 13.6. The number of halogens is 1. The van der Waals surface area contributed by atoms with Crippen LogP contribution in [0.2, 0.25) is 5.02 Å². The van der Waals surface area contributed by atoms with Crippen molar-refractivity contribution in [3.63, 3.8) is 0 Å². The van der Waals surface area contributed by atoms with E-state index in [1.807, 2.05) is 37.3 Å². The highest BCUT2D eigenvalue weighted by atomic mass is 35.5. The van der Waals surface area contributed by atoms with E-state index in [0.29, 0.717) is 29.4 Å². The Bertz CT molecular complexity index is 561. The molecule has 0 aliphatic heterocycles. The number of para-hydroxylation sites is 1. The molecular weight excluding hydrogens is 260 g/mol. The Morgan fingerprint density at radius 1 is 1.11 bits per heavy atom. The second-order valence-corrected chi connectivity index (χ2v) is 4.59. The third kappa shape index (κ3) is 3.58. The van der Waals surface area contributed by atoms with Crippen LogP contribution in [-0.4, -0.2) is 12.4 Å². The van der Waals surface area contributed by atoms with Gasteiger partial charge in [0, 0.05) is 11.4 Å². The van der Waals surface area contributed by atoms with Gasteiger partial charge in [-0.05, 0) is 36.8 Å². The third-order valence-corrected chi connectivity index (χ3v) is 3.02. The number of ketones is 1. The smallest absolute Gasteiger partial charge is 0.170 e. The summed E-state index contributed by atoms with van der Waals surface area (Å²) in [7, 11) is 0. The quantitative estimate of drug-likeness (QED) is 0.765. The number of hydrogen-bond donors (Lipinski definition) is 0. The zero-order chi connectivity index (χ0) is 13.7. The second kappa shape index (κ2) is 6.39. The summed E-state index contributed by atoms with van der Waals surface area (Å²) in [5, 5.41) is 0.672. The van der Waals surface area contributed by atoms with E-state index in [1.54, 1.807) is 18.2 Å². The molecule has 0 unspecified atom stereocenters. The van der Waals surface area contributed by atoms with Gasteiger partial charge in [0.05, 0.1) is 12.2 Å². The number of hydrogen-bond acceptors (Lipinski definition) is 2. The molecule has 0 fully saturated rings. The van der Waals surface area contributed by atoms with Gasteiger partial charge in [-0.3, -0.25) is 4.79 Å². The Balaban J connectivity index is 2.18. The normalized spacial score (nSPS) is 10.2. The van der Waals surface area contributed by atoms with E-state index >= 15 is 0 Å². The highest BCUT2D eigenvalue weighted by molar-refractivity contribution is 6.30. The number of rotatable bonds is 5. The molecule has 0 radical (unpaired) electrons. The summed E-state index contributed by atoms with van der Waals surface area (Å²) in [6.07, 6.45) is 0.348. The number of Topliss-reactive ketones (excluding diaryl/α,β-unsaturated/α-hetero) is 1. The lowest BCUT2D eigenvalue weighted by Crippen LogP contribution is -2.06. The van der Waals surface area contributed by atoms with E-state index in [9.17, 15) is 4.79 Å². The van der Waals surface area contributed by atoms with E-state index in [1.165, 1.54) is 0 Å². The molecule has 0 spiro atoms. The molecule has 0 aliphatic rings. The fraction of sp³-hybridized carbons (Fsp3) is 0.188. The van der Waals surface area contributed by atoms with Crippen molar-refractivity contribution in [2.75, 3.05) is 6.61 Å². The Labute approximate surface area is 118 Å². The van der Waals surface area contributed by atoms with Gasteiger partial charge in [-0.2, -0.15) is 0 Å². The standard InChI is InChI=1S/C16H15ClO2/c1-2-19-16-6-4-3-5-14(16)15(18)11-12-7-9-13(17)10-8-12/h3-10H,2,11H2,1H3. The van der Waals surface area contributed by atoms with Crippen LogP contribution >= 0.6 is 11.6 Å². The highest BCUT2D eigenvalue weighted by Crippen LogP contribution is 2.20. The van der Waals surface area contributed by atoms with Crippen molar-refractivity contribution < 1.29 is 9.53 Å². The van der Waals surface area contributed by atoms with Gasteiger partial charge in [0.15, 0.2) is 5.78 Å². The van der Waals surface area contributed by atoms with Gasteiger partial charge in [0.25, 0.3) is 0 Å². The summed E-state index contributed by atoms with van der Waals surface area (Å²) in [5.41, 5.74) is 1.57. The van der Waals surface area contributed by atoms with E-state index in [2.05, 4.69) is 0 Å². The van der Waals surface area contributed by atoms with Crippen molar-refractivity contribution in [2.45, 2.75) is 13.3 Å². The van der Waals surface area contributed by atoms with Crippen LogP contribution in [0.15, 0.2) is 48.5 Å². The second-order valence-electron chi connectivity index (χ2n) is 4.16. The highest BCUT2D eigenvalue weighted by Gasteiger charge is 2.12. The first-order chi connectivity index (χ1) is 9.20. The van der Waals surface area contributed by atoms with Gasteiger partial charge in [-0.15, -0.1) is 0 Å². The summed E-state index contributed by atoms with van der Waals surface area (Å²) >= 11 is 5.83. The van der Waals surface area contributed by atoms with Gasteiger partial charge in [-0.25, -0.2) is 0 Å². The molecule has 3 heteroatoms. The fourth-order valence-corrected chi connectivity index (χ4v) is 1.99. The third-order valence-electron chi connectivity index (χ3n) is 2.77. The summed E-state index contributed by atoms with van der Waals surface area (Å²) in [6, 6.07) is 14.6. The molecule has 0 heterocycles. The van der Waals surface area contributed by atoms with Crippen molar-refractivity contribution >= 4 is 17.4 Å². The number of carbonyl (C=O) groups excluding carboxylic acids is 1. The zero-order valence-corrected chi connectivity index (χ0v) is 11.5. The van der Waals surface area contributed by atoms with E-state index < -0.39 is 0 Å². The van der Waals surface area contributed by atoms with Crippen LogP contribution in [0.5, 0.6) is 5.75 Å². The SMILES string of the molecule is CCOc1ccccc1C(=O)Cc1ccc(Cl)cc1. The summed E-state index contributed by atoms with van der Waals surface area (Å²) in [4.78, 5) is 12.3. The first-order valence-corrected chi connectivity index (χ1v) is 6.58. The molecule has 0 aliphatic carbocycles. The predicted octanol–water partition coefficient (Wildman–Crippen LogP) is 4.16. The molecule has 0 N–H and O–H groups in total. The van der Waals surface area contributed by atoms with Crippen LogP contribution in [0, 0.1) is 0 Å². The summed E-state index contributed by atoms with van der Waals surface area (Å²) < 4.78 is 5.47. The number of ether oxygens (including phenoxy) is 1. The van der Waals surface area contributed by atoms with Gasteiger partial charge in [0.1, 0.15) is 5.75 Å². The van der Waals surface area contributed by atoms with Crippen LogP contribution in [0.25, 0.3) is 0 Å². The Kier molecular flexibility index (Phi) is 4.58. The Hall–Kier alpha value is -1.80. The molecular formula is C16H15ClO2. The average molecular weight is 275 g/mol. The van der Waals surface area contributed by atoms with Crippen molar-refractivity contribution in [3.8, 4) is 5.75 Å². The summed E-state index contributed by atoms with van der Waals surface area (Å²) in [6.45, 7) is 2.45. The lowest BCUT2D eigenvalue weighted by atomic mass is 10.0. The maximum Gasteiger partial charge on any atom is 0.170 e. The van der Waals surface area contributed by atoms with E-state index in [-0.39, 0.29) is 5.78 Å². The van der Waals surface area contributed by atoms with Crippen molar-refractivity contribution in [1.82, 2.24) is 0 Å². The Morgan fingerprint density at radius 2 is 1.79 bits per heavy atom. The van der Waals surface area contributed by atoms with Crippen molar-refractivity contribution in [2.24, 2.45) is 0 Å². The first-order valence-electron chi connectivity index (χ1n) is 6.20.